The Morgan fingerprint density at radius 1 is 1.13 bits per heavy atom. The molecule has 0 fully saturated rings. The van der Waals surface area contributed by atoms with Gasteiger partial charge in [-0.1, -0.05) is 30.3 Å². The van der Waals surface area contributed by atoms with E-state index in [-0.39, 0.29) is 12.4 Å². The number of nitrogens with two attached hydrogens (primary N) is 1. The first-order chi connectivity index (χ1) is 11.0. The highest BCUT2D eigenvalue weighted by molar-refractivity contribution is 5.94. The van der Waals surface area contributed by atoms with Crippen LogP contribution in [0.4, 0.5) is 4.39 Å². The molecule has 4 nitrogen and oxygen atoms in total. The van der Waals surface area contributed by atoms with Crippen molar-refractivity contribution in [3.8, 4) is 0 Å². The number of halogens is 1. The van der Waals surface area contributed by atoms with Crippen LogP contribution in [0.15, 0.2) is 54.6 Å². The fourth-order valence-corrected chi connectivity index (χ4v) is 2.05. The lowest BCUT2D eigenvalue weighted by Crippen LogP contribution is -2.14. The van der Waals surface area contributed by atoms with Gasteiger partial charge in [-0.2, -0.15) is 0 Å². The summed E-state index contributed by atoms with van der Waals surface area (Å²) in [4.78, 5) is 23.2. The lowest BCUT2D eigenvalue weighted by molar-refractivity contribution is -0.138. The fourth-order valence-electron chi connectivity index (χ4n) is 2.05. The third-order valence-electron chi connectivity index (χ3n) is 3.29. The minimum absolute atomic E-state index is 0.0505. The van der Waals surface area contributed by atoms with Crippen LogP contribution in [-0.4, -0.2) is 11.9 Å². The molecule has 23 heavy (non-hydrogen) atoms. The Hall–Kier alpha value is -2.95. The Labute approximate surface area is 133 Å². The lowest BCUT2D eigenvalue weighted by atomic mass is 10.1. The van der Waals surface area contributed by atoms with Gasteiger partial charge in [0, 0.05) is 17.2 Å². The van der Waals surface area contributed by atoms with Crippen molar-refractivity contribution in [1.82, 2.24) is 0 Å². The van der Waals surface area contributed by atoms with Crippen LogP contribution < -0.4 is 5.73 Å². The molecule has 118 valence electrons. The van der Waals surface area contributed by atoms with Gasteiger partial charge in [-0.25, -0.2) is 9.18 Å². The largest absolute Gasteiger partial charge is 0.458 e. The minimum Gasteiger partial charge on any atom is -0.458 e. The van der Waals surface area contributed by atoms with Crippen molar-refractivity contribution in [1.29, 1.82) is 0 Å². The molecule has 0 aromatic heterocycles. The zero-order valence-corrected chi connectivity index (χ0v) is 12.6. The van der Waals surface area contributed by atoms with Crippen LogP contribution >= 0.6 is 0 Å². The Bertz CT molecular complexity index is 751. The summed E-state index contributed by atoms with van der Waals surface area (Å²) in [7, 11) is 0. The highest BCUT2D eigenvalue weighted by Gasteiger charge is 2.09. The summed E-state index contributed by atoms with van der Waals surface area (Å²) >= 11 is 0. The molecule has 2 N–H and O–H groups in total. The molecular weight excluding hydrogens is 297 g/mol. The fraction of sp³-hybridized carbons (Fsp3) is 0.111. The quantitative estimate of drug-likeness (QED) is 0.681. The molecule has 0 aliphatic heterocycles. The minimum atomic E-state index is -0.574. The molecule has 0 aliphatic carbocycles. The van der Waals surface area contributed by atoms with E-state index in [1.54, 1.807) is 43.3 Å². The second kappa shape index (κ2) is 7.35. The van der Waals surface area contributed by atoms with Gasteiger partial charge < -0.3 is 10.5 Å². The van der Waals surface area contributed by atoms with Gasteiger partial charge >= 0.3 is 5.97 Å². The monoisotopic (exact) mass is 313 g/mol. The van der Waals surface area contributed by atoms with Gasteiger partial charge in [0.25, 0.3) is 0 Å². The summed E-state index contributed by atoms with van der Waals surface area (Å²) in [5.74, 6) is -1.46. The van der Waals surface area contributed by atoms with Crippen molar-refractivity contribution in [3.05, 3.63) is 77.1 Å². The van der Waals surface area contributed by atoms with Gasteiger partial charge in [0.2, 0.25) is 5.91 Å². The maximum atomic E-state index is 12.9. The van der Waals surface area contributed by atoms with E-state index in [4.69, 9.17) is 10.5 Å². The second-order valence-electron chi connectivity index (χ2n) is 4.96. The van der Waals surface area contributed by atoms with Crippen molar-refractivity contribution in [2.75, 3.05) is 0 Å². The maximum absolute atomic E-state index is 12.9. The number of carbonyl (C=O) groups excluding carboxylic acids is 2. The summed E-state index contributed by atoms with van der Waals surface area (Å²) in [6.07, 6.45) is 1.32. The zero-order chi connectivity index (χ0) is 16.8. The van der Waals surface area contributed by atoms with Crippen LogP contribution in [0.3, 0.4) is 0 Å². The normalized spacial score (nSPS) is 11.1. The third kappa shape index (κ3) is 4.51. The van der Waals surface area contributed by atoms with Gasteiger partial charge in [-0.3, -0.25) is 4.79 Å². The molecule has 0 heterocycles. The zero-order valence-electron chi connectivity index (χ0n) is 12.6. The van der Waals surface area contributed by atoms with Crippen molar-refractivity contribution < 1.29 is 18.7 Å². The summed E-state index contributed by atoms with van der Waals surface area (Å²) < 4.78 is 18.0. The van der Waals surface area contributed by atoms with Gasteiger partial charge in [0.15, 0.2) is 0 Å². The second-order valence-corrected chi connectivity index (χ2v) is 4.96. The smallest absolute Gasteiger partial charge is 0.331 e. The summed E-state index contributed by atoms with van der Waals surface area (Å²) in [6, 6.07) is 12.5. The van der Waals surface area contributed by atoms with E-state index >= 15 is 0 Å². The van der Waals surface area contributed by atoms with Gasteiger partial charge in [0.05, 0.1) is 0 Å². The Morgan fingerprint density at radius 2 is 1.78 bits per heavy atom. The first kappa shape index (κ1) is 16.4. The third-order valence-corrected chi connectivity index (χ3v) is 3.29. The van der Waals surface area contributed by atoms with Gasteiger partial charge in [-0.05, 0) is 36.3 Å². The number of hydrogen-bond acceptors (Lipinski definition) is 3. The van der Waals surface area contributed by atoms with E-state index < -0.39 is 11.9 Å². The van der Waals surface area contributed by atoms with Crippen LogP contribution in [0.1, 0.15) is 28.4 Å². The average molecular weight is 313 g/mol. The molecule has 0 unspecified atom stereocenters. The molecule has 2 rings (SSSR count). The average Bonchev–Trinajstić information content (AvgIpc) is 2.53. The topological polar surface area (TPSA) is 69.4 Å². The van der Waals surface area contributed by atoms with E-state index in [0.717, 1.165) is 5.56 Å². The molecule has 1 amide bonds. The molecule has 0 bridgehead atoms. The van der Waals surface area contributed by atoms with Crippen LogP contribution in [0.25, 0.3) is 5.57 Å². The molecule has 5 heteroatoms. The van der Waals surface area contributed by atoms with Crippen LogP contribution in [-0.2, 0) is 16.1 Å². The first-order valence-electron chi connectivity index (χ1n) is 6.96. The summed E-state index contributed by atoms with van der Waals surface area (Å²) in [6.45, 7) is 1.68. The predicted octanol–water partition coefficient (Wildman–Crippen LogP) is 3.07. The number of rotatable bonds is 5. The number of amides is 1. The number of ether oxygens (including phenoxy) is 1. The molecule has 0 spiro atoms. The Morgan fingerprint density at radius 3 is 2.43 bits per heavy atom. The summed E-state index contributed by atoms with van der Waals surface area (Å²) in [5.41, 5.74) is 7.50. The highest BCUT2D eigenvalue weighted by atomic mass is 19.1. The van der Waals surface area contributed by atoms with E-state index in [1.807, 2.05) is 0 Å². The van der Waals surface area contributed by atoms with Crippen LogP contribution in [0.5, 0.6) is 0 Å². The number of allylic oxidation sites excluding steroid dienone is 1. The standard InChI is InChI=1S/C18H16FNO3/c1-12(13-6-8-15(19)9-7-13)10-17(21)23-11-14-4-2-3-5-16(14)18(20)22/h2-10H,11H2,1H3,(H2,20,22)/b12-10-. The molecule has 0 saturated heterocycles. The Balaban J connectivity index is 2.04. The predicted molar refractivity (Wildman–Crippen MR) is 84.8 cm³/mol. The molecule has 0 radical (unpaired) electrons. The van der Waals surface area contributed by atoms with Crippen molar-refractivity contribution >= 4 is 17.4 Å². The highest BCUT2D eigenvalue weighted by Crippen LogP contribution is 2.15. The van der Waals surface area contributed by atoms with Crippen molar-refractivity contribution in [3.63, 3.8) is 0 Å². The van der Waals surface area contributed by atoms with Gasteiger partial charge in [0.1, 0.15) is 12.4 Å². The number of carbonyl (C=O) groups is 2. The van der Waals surface area contributed by atoms with Crippen molar-refractivity contribution in [2.45, 2.75) is 13.5 Å². The van der Waals surface area contributed by atoms with E-state index in [9.17, 15) is 14.0 Å². The van der Waals surface area contributed by atoms with Crippen LogP contribution in [0.2, 0.25) is 0 Å². The number of primary amides is 1. The molecule has 0 atom stereocenters. The SMILES string of the molecule is C/C(=C/C(=O)OCc1ccccc1C(N)=O)c1ccc(F)cc1. The molecule has 2 aromatic rings. The number of benzene rings is 2. The lowest BCUT2D eigenvalue weighted by Gasteiger charge is -2.07. The van der Waals surface area contributed by atoms with Gasteiger partial charge in [-0.15, -0.1) is 0 Å². The van der Waals surface area contributed by atoms with E-state index in [0.29, 0.717) is 16.7 Å². The Kier molecular flexibility index (Phi) is 5.25. The molecular formula is C18H16FNO3. The van der Waals surface area contributed by atoms with Crippen molar-refractivity contribution in [2.24, 2.45) is 5.73 Å². The van der Waals surface area contributed by atoms with Crippen LogP contribution in [0, 0.1) is 5.82 Å². The number of hydrogen-bond donors (Lipinski definition) is 1. The molecule has 0 aliphatic rings. The molecule has 2 aromatic carbocycles. The summed E-state index contributed by atoms with van der Waals surface area (Å²) in [5, 5.41) is 0. The molecule has 0 saturated carbocycles. The van der Waals surface area contributed by atoms with E-state index in [1.165, 1.54) is 18.2 Å². The van der Waals surface area contributed by atoms with E-state index in [2.05, 4.69) is 0 Å². The maximum Gasteiger partial charge on any atom is 0.331 e. The number of esters is 1. The first-order valence-corrected chi connectivity index (χ1v) is 6.96.